The molecule has 0 aliphatic rings. The molecule has 7 nitrogen and oxygen atoms in total. The summed E-state index contributed by atoms with van der Waals surface area (Å²) in [7, 11) is 0. The van der Waals surface area contributed by atoms with Gasteiger partial charge in [-0.1, -0.05) is 6.07 Å². The molecule has 10 heteroatoms. The van der Waals surface area contributed by atoms with Crippen LogP contribution < -0.4 is 50.0 Å². The first kappa shape index (κ1) is 23.9. The van der Waals surface area contributed by atoms with E-state index in [2.05, 4.69) is 20.5 Å². The average Bonchev–Trinajstić information content (AvgIpc) is 2.77. The van der Waals surface area contributed by atoms with E-state index in [9.17, 15) is 18.7 Å². The molecule has 2 N–H and O–H groups in total. The number of pyridine rings is 1. The number of ether oxygens (including phenoxy) is 1. The molecule has 0 aliphatic carbocycles. The van der Waals surface area contributed by atoms with Gasteiger partial charge in [0.05, 0.1) is 17.8 Å². The fraction of sp³-hybridized carbons (Fsp3) is 0. The number of nitrogens with one attached hydrogen (secondary N) is 2. The fourth-order valence-corrected chi connectivity index (χ4v) is 2.92. The number of rotatable bonds is 4. The van der Waals surface area contributed by atoms with Crippen molar-refractivity contribution in [2.24, 2.45) is 0 Å². The van der Waals surface area contributed by atoms with Crippen molar-refractivity contribution >= 4 is 34.0 Å². The molecule has 4 aromatic rings. The van der Waals surface area contributed by atoms with E-state index in [0.29, 0.717) is 16.6 Å². The summed E-state index contributed by atoms with van der Waals surface area (Å²) in [6.07, 6.45) is 1.43. The van der Waals surface area contributed by atoms with Gasteiger partial charge in [-0.2, -0.15) is 0 Å². The van der Waals surface area contributed by atoms with Crippen LogP contribution in [0.25, 0.3) is 15.7 Å². The van der Waals surface area contributed by atoms with E-state index in [4.69, 9.17) is 11.3 Å². The summed E-state index contributed by atoms with van der Waals surface area (Å²) in [5.41, 5.74) is 0.515. The van der Waals surface area contributed by atoms with Gasteiger partial charge in [-0.05, 0) is 48.5 Å². The first-order chi connectivity index (χ1) is 15.4. The summed E-state index contributed by atoms with van der Waals surface area (Å²) in [4.78, 5) is 19.3. The van der Waals surface area contributed by atoms with Crippen molar-refractivity contribution in [1.82, 2.24) is 4.98 Å². The number of urea groups is 1. The normalized spacial score (nSPS) is 10.1. The second kappa shape index (κ2) is 10.3. The Kier molecular flexibility index (Phi) is 7.45. The number of hydrogen-bond donors (Lipinski definition) is 2. The van der Waals surface area contributed by atoms with Crippen LogP contribution >= 0.6 is 0 Å². The molecule has 0 aliphatic heterocycles. The van der Waals surface area contributed by atoms with Gasteiger partial charge in [0.1, 0.15) is 23.1 Å². The minimum absolute atomic E-state index is 0. The summed E-state index contributed by atoms with van der Waals surface area (Å²) in [6, 6.07) is 12.4. The molecule has 158 valence electrons. The van der Waals surface area contributed by atoms with Gasteiger partial charge in [0.25, 0.3) is 0 Å². The number of anilines is 2. The fourth-order valence-electron chi connectivity index (χ4n) is 2.92. The number of aromatic nitrogens is 1. The second-order valence-corrected chi connectivity index (χ2v) is 6.59. The molecule has 0 unspecified atom stereocenters. The number of halogens is 2. The number of benzene rings is 3. The molecular weight excluding hydrogens is 441 g/mol. The van der Waals surface area contributed by atoms with Crippen LogP contribution in [0.15, 0.2) is 66.9 Å². The Balaban J connectivity index is 0.00000306. The molecule has 0 atom stereocenters. The van der Waals surface area contributed by atoms with Crippen molar-refractivity contribution in [3.63, 3.8) is 0 Å². The predicted molar refractivity (Wildman–Crippen MR) is 113 cm³/mol. The Morgan fingerprint density at radius 2 is 1.79 bits per heavy atom. The quantitative estimate of drug-likeness (QED) is 0.366. The molecule has 4 rings (SSSR count). The van der Waals surface area contributed by atoms with E-state index >= 15 is 0 Å². The number of carbonyl (C=O) groups is 1. The number of nitrogens with zero attached hydrogens (tertiary/aromatic N) is 2. The van der Waals surface area contributed by atoms with E-state index in [1.807, 2.05) is 0 Å². The van der Waals surface area contributed by atoms with Crippen LogP contribution in [-0.2, 0) is 0 Å². The van der Waals surface area contributed by atoms with Crippen molar-refractivity contribution in [3.8, 4) is 17.2 Å². The molecule has 0 saturated heterocycles. The van der Waals surface area contributed by atoms with Crippen LogP contribution in [0.2, 0.25) is 0 Å². The number of fused-ring (bicyclic) bond motifs is 1. The zero-order valence-corrected chi connectivity index (χ0v) is 19.2. The predicted octanol–water partition coefficient (Wildman–Crippen LogP) is 2.58. The average molecular weight is 454 g/mol. The van der Waals surface area contributed by atoms with Gasteiger partial charge >= 0.3 is 35.6 Å². The van der Waals surface area contributed by atoms with Gasteiger partial charge in [0, 0.05) is 23.3 Å². The van der Waals surface area contributed by atoms with Gasteiger partial charge in [0.15, 0.2) is 5.69 Å². The molecule has 2 amide bonds. The maximum atomic E-state index is 14.5. The van der Waals surface area contributed by atoms with Crippen LogP contribution in [0, 0.1) is 18.2 Å². The maximum absolute atomic E-state index is 14.5. The van der Waals surface area contributed by atoms with Crippen LogP contribution in [0.5, 0.6) is 17.2 Å². The number of hydrogen-bond acceptors (Lipinski definition) is 4. The summed E-state index contributed by atoms with van der Waals surface area (Å²) < 4.78 is 33.2. The largest absolute Gasteiger partial charge is 1.00 e. The first-order valence-corrected chi connectivity index (χ1v) is 9.21. The summed E-state index contributed by atoms with van der Waals surface area (Å²) in [6.45, 7) is 7.10. The molecule has 0 radical (unpaired) electrons. The third-order valence-corrected chi connectivity index (χ3v) is 4.42. The van der Waals surface area contributed by atoms with E-state index < -0.39 is 23.4 Å². The van der Waals surface area contributed by atoms with Crippen molar-refractivity contribution in [2.75, 3.05) is 10.6 Å². The summed E-state index contributed by atoms with van der Waals surface area (Å²) in [5, 5.41) is 17.1. The maximum Gasteiger partial charge on any atom is 1.00 e. The van der Waals surface area contributed by atoms with Crippen molar-refractivity contribution < 1.29 is 53.0 Å². The minimum atomic E-state index is -0.751. The van der Waals surface area contributed by atoms with Gasteiger partial charge < -0.3 is 20.5 Å². The van der Waals surface area contributed by atoms with Gasteiger partial charge in [0.2, 0.25) is 0 Å². The van der Waals surface area contributed by atoms with E-state index in [1.165, 1.54) is 60.8 Å². The number of carbonyl (C=O) groups excluding carboxylic acids is 1. The number of amides is 2. The molecule has 0 fully saturated rings. The molecule has 0 bridgehead atoms. The van der Waals surface area contributed by atoms with E-state index in [0.717, 1.165) is 6.07 Å². The van der Waals surface area contributed by atoms with Crippen molar-refractivity contribution in [1.29, 1.82) is 0 Å². The van der Waals surface area contributed by atoms with E-state index in [1.54, 1.807) is 0 Å². The Morgan fingerprint density at radius 3 is 2.48 bits per heavy atom. The molecule has 0 saturated carbocycles. The van der Waals surface area contributed by atoms with E-state index in [-0.39, 0.29) is 52.4 Å². The second-order valence-electron chi connectivity index (χ2n) is 6.59. The standard InChI is InChI=1S/C23H14F2N4O3.Na/c1-26-20-11-16-19(12-21(20)30)27-9-8-22(16)32-15-6-7-18(17(25)10-15)29-23(31)28-14-4-2-13(24)3-5-14;/h2-12,30H,(H2,28,29,31);/q;+1/p-1. The third-order valence-electron chi connectivity index (χ3n) is 4.42. The smallest absolute Gasteiger partial charge is 0.881 e. The zero-order valence-electron chi connectivity index (χ0n) is 17.2. The van der Waals surface area contributed by atoms with Crippen molar-refractivity contribution in [3.05, 3.63) is 89.9 Å². The molecule has 33 heavy (non-hydrogen) atoms. The molecular formula is C23H13F2N4NaO3. The van der Waals surface area contributed by atoms with Crippen LogP contribution in [0.3, 0.4) is 0 Å². The third kappa shape index (κ3) is 5.56. The van der Waals surface area contributed by atoms with Crippen LogP contribution in [0.1, 0.15) is 0 Å². The Bertz CT molecular complexity index is 1370. The zero-order chi connectivity index (χ0) is 22.7. The Hall–Kier alpha value is -3.71. The molecule has 0 spiro atoms. The topological polar surface area (TPSA) is 90.7 Å². The Labute approximate surface area is 209 Å². The van der Waals surface area contributed by atoms with Crippen LogP contribution in [0.4, 0.5) is 30.6 Å². The minimum Gasteiger partial charge on any atom is -0.881 e. The summed E-state index contributed by atoms with van der Waals surface area (Å²) in [5.74, 6) is -1.22. The SMILES string of the molecule is [C-]#[N+]c1cc2c(Oc3ccc(NC(=O)Nc4ccc(F)cc4)c(F)c3)ccnc2cc1[O-].[Na+]. The van der Waals surface area contributed by atoms with Gasteiger partial charge in [-0.25, -0.2) is 18.4 Å². The van der Waals surface area contributed by atoms with Gasteiger partial charge in [-0.15, -0.1) is 5.75 Å². The molecule has 1 heterocycles. The Morgan fingerprint density at radius 1 is 1.03 bits per heavy atom. The van der Waals surface area contributed by atoms with Crippen LogP contribution in [-0.4, -0.2) is 11.0 Å². The van der Waals surface area contributed by atoms with Gasteiger partial charge in [-0.3, -0.25) is 4.98 Å². The van der Waals surface area contributed by atoms with Crippen molar-refractivity contribution in [2.45, 2.75) is 0 Å². The molecule has 3 aromatic carbocycles. The summed E-state index contributed by atoms with van der Waals surface area (Å²) >= 11 is 0. The molecule has 1 aromatic heterocycles. The first-order valence-electron chi connectivity index (χ1n) is 9.21. The monoisotopic (exact) mass is 454 g/mol.